The first kappa shape index (κ1) is 26.9. The predicted octanol–water partition coefficient (Wildman–Crippen LogP) is 5.27. The van der Waals surface area contributed by atoms with Crippen molar-refractivity contribution < 1.29 is 26.3 Å². The van der Waals surface area contributed by atoms with Gasteiger partial charge in [-0.25, -0.2) is 66.2 Å². The summed E-state index contributed by atoms with van der Waals surface area (Å²) in [4.78, 5) is 32.5. The van der Waals surface area contributed by atoms with E-state index in [1.54, 1.807) is 24.3 Å². The van der Waals surface area contributed by atoms with Crippen LogP contribution in [-0.2, 0) is 0 Å². The first-order chi connectivity index (χ1) is 23.1. The van der Waals surface area contributed by atoms with Gasteiger partial charge in [-0.15, -0.1) is 0 Å². The Morgan fingerprint density at radius 3 is 0.812 bits per heavy atom. The van der Waals surface area contributed by atoms with Gasteiger partial charge < -0.3 is 0 Å². The summed E-state index contributed by atoms with van der Waals surface area (Å²) >= 11 is 0. The molecule has 48 heavy (non-hydrogen) atoms. The normalized spacial score (nSPS) is 11.9. The molecule has 0 fully saturated rings. The molecule has 0 saturated heterocycles. The van der Waals surface area contributed by atoms with Gasteiger partial charge in [0.25, 0.3) is 0 Å². The highest BCUT2D eigenvalue weighted by Crippen LogP contribution is 2.52. The number of hydrogen-bond acceptors (Lipinski definition) is 12. The first-order valence-electron chi connectivity index (χ1n) is 13.1. The third-order valence-electron chi connectivity index (χ3n) is 8.06. The Kier molecular flexibility index (Phi) is 4.84. The number of aromatic nitrogens is 8. The van der Waals surface area contributed by atoms with E-state index in [2.05, 4.69) is 39.9 Å². The second kappa shape index (κ2) is 8.63. The van der Waals surface area contributed by atoms with Gasteiger partial charge >= 0.3 is 0 Å². The van der Waals surface area contributed by atoms with E-state index in [1.807, 2.05) is 0 Å². The van der Waals surface area contributed by atoms with Crippen LogP contribution >= 0.6 is 0 Å². The van der Waals surface area contributed by atoms with Crippen LogP contribution in [0, 0.1) is 80.2 Å². The highest BCUT2D eigenvalue weighted by atomic mass is 19.2. The molecule has 4 aromatic heterocycles. The summed E-state index contributed by atoms with van der Waals surface area (Å²) in [6, 6.07) is 6.58. The molecule has 9 rings (SSSR count). The van der Waals surface area contributed by atoms with Gasteiger partial charge in [0.1, 0.15) is 46.3 Å². The Morgan fingerprint density at radius 2 is 0.542 bits per heavy atom. The molecule has 0 spiro atoms. The van der Waals surface area contributed by atoms with E-state index in [0.717, 1.165) is 0 Å². The summed E-state index contributed by atoms with van der Waals surface area (Å²) in [5.41, 5.74) is -5.59. The summed E-state index contributed by atoms with van der Waals surface area (Å²) < 4.78 is 94.7. The van der Waals surface area contributed by atoms with Crippen molar-refractivity contribution in [2.75, 3.05) is 0 Å². The van der Waals surface area contributed by atoms with Gasteiger partial charge in [0.05, 0.1) is 10.8 Å². The number of hydrogen-bond donors (Lipinski definition) is 0. The minimum absolute atomic E-state index is 0.418. The summed E-state index contributed by atoms with van der Waals surface area (Å²) in [7, 11) is 0. The smallest absolute Gasteiger partial charge is 0.199 e. The molecule has 18 heteroatoms. The van der Waals surface area contributed by atoms with Gasteiger partial charge in [0, 0.05) is 32.3 Å². The van der Waals surface area contributed by atoms with Crippen LogP contribution < -0.4 is 0 Å². The molecule has 12 nitrogen and oxygen atoms in total. The van der Waals surface area contributed by atoms with Crippen LogP contribution in [0.2, 0.25) is 0 Å². The van der Waals surface area contributed by atoms with Crippen molar-refractivity contribution in [3.8, 4) is 24.3 Å². The topological polar surface area (TPSA) is 198 Å². The lowest BCUT2D eigenvalue weighted by molar-refractivity contribution is 0.458. The van der Waals surface area contributed by atoms with Crippen LogP contribution in [0.1, 0.15) is 22.8 Å². The minimum Gasteiger partial charge on any atom is -0.223 e. The van der Waals surface area contributed by atoms with Crippen LogP contribution in [-0.4, -0.2) is 39.9 Å². The van der Waals surface area contributed by atoms with Gasteiger partial charge in [-0.1, -0.05) is 0 Å². The number of nitriles is 4. The standard InChI is InChI=1S/C30F6N12/c31-17-11-10-14(24-26(16(10)20(34)21(17)35)48-30-28(46-24)42-6(2-38)8(4-40)44-30)12-9-13(11)23-25(15(9)19(33)22(36)18(12)32)47-29-27(45-23)41-5(1-37)7(3-39)43-29. The largest absolute Gasteiger partial charge is 0.223 e. The fourth-order valence-corrected chi connectivity index (χ4v) is 6.24. The van der Waals surface area contributed by atoms with Crippen molar-refractivity contribution in [3.63, 3.8) is 0 Å². The van der Waals surface area contributed by atoms with Gasteiger partial charge in [-0.2, -0.15) is 21.0 Å². The fourth-order valence-electron chi connectivity index (χ4n) is 6.24. The number of halogens is 6. The van der Waals surface area contributed by atoms with E-state index in [9.17, 15) is 21.0 Å². The SMILES string of the molecule is N#Cc1nc2nc3c(nc2nc1C#N)c1c2c(F)c(F)c(F)c4c5nc6nc(C#N)c(C#N)nc6nc5c(c5c(F)c(F)c(F)c3c51)c42. The number of nitrogens with zero attached hydrogens (tertiary/aromatic N) is 12. The highest BCUT2D eigenvalue weighted by molar-refractivity contribution is 6.46. The Labute approximate surface area is 257 Å². The third kappa shape index (κ3) is 2.92. The molecule has 0 aliphatic carbocycles. The Hall–Kier alpha value is -7.44. The molecule has 0 aliphatic rings. The minimum atomic E-state index is -2.02. The summed E-state index contributed by atoms with van der Waals surface area (Å²) in [5, 5.41) is 32.5. The monoisotopic (exact) mass is 642 g/mol. The van der Waals surface area contributed by atoms with Crippen LogP contribution in [0.4, 0.5) is 26.3 Å². The maximum Gasteiger partial charge on any atom is 0.199 e. The summed E-state index contributed by atoms with van der Waals surface area (Å²) in [5.74, 6) is -11.2. The average molecular weight is 642 g/mol. The van der Waals surface area contributed by atoms with Crippen LogP contribution in [0.25, 0.3) is 87.7 Å². The molecule has 5 aromatic carbocycles. The number of benzene rings is 3. The van der Waals surface area contributed by atoms with E-state index >= 15 is 26.3 Å². The van der Waals surface area contributed by atoms with Crippen molar-refractivity contribution in [2.24, 2.45) is 0 Å². The predicted molar refractivity (Wildman–Crippen MR) is 150 cm³/mol. The van der Waals surface area contributed by atoms with Crippen molar-refractivity contribution in [1.29, 1.82) is 21.0 Å². The second-order valence-electron chi connectivity index (χ2n) is 10.3. The van der Waals surface area contributed by atoms with Crippen LogP contribution in [0.3, 0.4) is 0 Å². The van der Waals surface area contributed by atoms with Crippen molar-refractivity contribution in [3.05, 3.63) is 57.7 Å². The molecule has 0 unspecified atom stereocenters. The number of fused-ring (bicyclic) bond motifs is 10. The molecule has 0 aliphatic heterocycles. The van der Waals surface area contributed by atoms with Crippen molar-refractivity contribution in [2.45, 2.75) is 0 Å². The Balaban J connectivity index is 1.65. The molecule has 0 saturated carbocycles. The lowest BCUT2D eigenvalue weighted by atomic mass is 9.94. The average Bonchev–Trinajstić information content (AvgIpc) is 3.60. The molecule has 222 valence electrons. The zero-order valence-electron chi connectivity index (χ0n) is 22.6. The lowest BCUT2D eigenvalue weighted by Gasteiger charge is -2.11. The van der Waals surface area contributed by atoms with Crippen molar-refractivity contribution >= 4 is 87.7 Å². The van der Waals surface area contributed by atoms with E-state index < -0.39 is 145 Å². The van der Waals surface area contributed by atoms with E-state index in [-0.39, 0.29) is 0 Å². The zero-order chi connectivity index (χ0) is 33.5. The lowest BCUT2D eigenvalue weighted by Crippen LogP contribution is -2.00. The van der Waals surface area contributed by atoms with Gasteiger partial charge in [-0.3, -0.25) is 0 Å². The van der Waals surface area contributed by atoms with E-state index in [0.29, 0.717) is 0 Å². The molecule has 9 aromatic rings. The fraction of sp³-hybridized carbons (Fsp3) is 0. The third-order valence-corrected chi connectivity index (χ3v) is 8.06. The molecule has 0 radical (unpaired) electrons. The zero-order valence-corrected chi connectivity index (χ0v) is 22.6. The molecule has 0 atom stereocenters. The molecule has 0 amide bonds. The molecule has 0 N–H and O–H groups in total. The van der Waals surface area contributed by atoms with Gasteiger partial charge in [0.15, 0.2) is 80.3 Å². The van der Waals surface area contributed by atoms with Gasteiger partial charge in [0.2, 0.25) is 0 Å². The molecule has 4 heterocycles. The second-order valence-corrected chi connectivity index (χ2v) is 10.3. The molecule has 0 bridgehead atoms. The Bertz CT molecular complexity index is 3030. The quantitative estimate of drug-likeness (QED) is 0.118. The summed E-state index contributed by atoms with van der Waals surface area (Å²) in [6.45, 7) is 0. The van der Waals surface area contributed by atoms with Crippen LogP contribution in [0.5, 0.6) is 0 Å². The number of rotatable bonds is 0. The van der Waals surface area contributed by atoms with Crippen LogP contribution in [0.15, 0.2) is 0 Å². The maximum absolute atomic E-state index is 16.1. The summed E-state index contributed by atoms with van der Waals surface area (Å²) in [6.07, 6.45) is 0. The van der Waals surface area contributed by atoms with E-state index in [1.165, 1.54) is 0 Å². The molecular formula is C30F6N12. The maximum atomic E-state index is 16.1. The Morgan fingerprint density at radius 1 is 0.292 bits per heavy atom. The highest BCUT2D eigenvalue weighted by Gasteiger charge is 2.35. The van der Waals surface area contributed by atoms with E-state index in [4.69, 9.17) is 0 Å². The first-order valence-corrected chi connectivity index (χ1v) is 13.1. The van der Waals surface area contributed by atoms with Gasteiger partial charge in [-0.05, 0) is 0 Å². The molecular weight excluding hydrogens is 642 g/mol. The van der Waals surface area contributed by atoms with Crippen molar-refractivity contribution in [1.82, 2.24) is 39.9 Å².